The first-order valence-corrected chi connectivity index (χ1v) is 5.38. The summed E-state index contributed by atoms with van der Waals surface area (Å²) in [6.45, 7) is 0. The average Bonchev–Trinajstić information content (AvgIpc) is 2.88. The number of nitrogens with zero attached hydrogens (tertiary/aromatic N) is 4. The molecular weight excluding hydrogens is 242 g/mol. The number of fused-ring (bicyclic) bond motifs is 1. The Morgan fingerprint density at radius 2 is 2.47 bits per heavy atom. The Morgan fingerprint density at radius 1 is 1.65 bits per heavy atom. The maximum absolute atomic E-state index is 11.2. The number of methoxy groups -OCH3 is 1. The summed E-state index contributed by atoms with van der Waals surface area (Å²) in [5.74, 6) is 0.0752. The van der Waals surface area contributed by atoms with Crippen LogP contribution in [-0.2, 0) is 4.74 Å². The van der Waals surface area contributed by atoms with Gasteiger partial charge in [-0.05, 0) is 0 Å². The maximum Gasteiger partial charge on any atom is 0.378 e. The molecule has 0 fully saturated rings. The summed E-state index contributed by atoms with van der Waals surface area (Å²) in [5.41, 5.74) is 0. The lowest BCUT2D eigenvalue weighted by molar-refractivity contribution is 0.0586. The second-order valence-electron chi connectivity index (χ2n) is 3.11. The fourth-order valence-electron chi connectivity index (χ4n) is 1.43. The molecule has 2 aromatic rings. The summed E-state index contributed by atoms with van der Waals surface area (Å²) >= 11 is 1.52. The molecule has 8 heteroatoms. The van der Waals surface area contributed by atoms with Gasteiger partial charge >= 0.3 is 5.97 Å². The van der Waals surface area contributed by atoms with E-state index in [1.165, 1.54) is 18.4 Å². The number of hydrogen-bond donors (Lipinski definition) is 1. The molecular formula is C9H11N5O2S. The largest absolute Gasteiger partial charge is 0.463 e. The van der Waals surface area contributed by atoms with Gasteiger partial charge in [0.2, 0.25) is 5.95 Å². The van der Waals surface area contributed by atoms with E-state index >= 15 is 0 Å². The number of ether oxygens (including phenoxy) is 1. The molecule has 1 aliphatic heterocycles. The van der Waals surface area contributed by atoms with Gasteiger partial charge in [-0.3, -0.25) is 0 Å². The quantitative estimate of drug-likeness (QED) is 0.808. The minimum atomic E-state index is -0.540. The van der Waals surface area contributed by atoms with Crippen LogP contribution in [0.4, 0.5) is 5.95 Å². The Morgan fingerprint density at radius 3 is 3.12 bits per heavy atom. The summed E-state index contributed by atoms with van der Waals surface area (Å²) in [6, 6.07) is 0. The summed E-state index contributed by atoms with van der Waals surface area (Å²) in [6.07, 6.45) is 1.60. The number of rotatable bonds is 2. The minimum absolute atomic E-state index is 0. The van der Waals surface area contributed by atoms with Crippen LogP contribution >= 0.6 is 11.3 Å². The SMILES string of the molecule is C.COC(=O)c1nc2n(n1)C(c1nccs1)N2. The molecule has 3 heterocycles. The van der Waals surface area contributed by atoms with Crippen LogP contribution in [0.1, 0.15) is 29.2 Å². The van der Waals surface area contributed by atoms with Crippen molar-refractivity contribution < 1.29 is 9.53 Å². The Bertz CT molecular complexity index is 536. The van der Waals surface area contributed by atoms with Gasteiger partial charge in [-0.25, -0.2) is 14.5 Å². The molecule has 90 valence electrons. The Kier molecular flexibility index (Phi) is 2.80. The number of anilines is 1. The molecule has 7 nitrogen and oxygen atoms in total. The summed E-state index contributed by atoms with van der Waals surface area (Å²) in [4.78, 5) is 19.3. The molecule has 0 spiro atoms. The fourth-order valence-corrected chi connectivity index (χ4v) is 2.10. The number of esters is 1. The van der Waals surface area contributed by atoms with Crippen LogP contribution in [0.15, 0.2) is 11.6 Å². The average molecular weight is 253 g/mol. The third kappa shape index (κ3) is 1.66. The Labute approximate surface area is 101 Å². The topological polar surface area (TPSA) is 81.9 Å². The predicted octanol–water partition coefficient (Wildman–Crippen LogP) is 1.13. The van der Waals surface area contributed by atoms with Crippen LogP contribution in [0.5, 0.6) is 0 Å². The highest BCUT2D eigenvalue weighted by Gasteiger charge is 2.33. The second kappa shape index (κ2) is 4.13. The number of carbonyl (C=O) groups is 1. The van der Waals surface area contributed by atoms with Gasteiger partial charge in [-0.2, -0.15) is 4.98 Å². The third-order valence-electron chi connectivity index (χ3n) is 2.19. The van der Waals surface area contributed by atoms with Crippen LogP contribution in [0.25, 0.3) is 0 Å². The van der Waals surface area contributed by atoms with Crippen LogP contribution in [0.3, 0.4) is 0 Å². The van der Waals surface area contributed by atoms with Crippen molar-refractivity contribution >= 4 is 23.3 Å². The van der Waals surface area contributed by atoms with Crippen molar-refractivity contribution in [3.8, 4) is 0 Å². The number of hydrogen-bond acceptors (Lipinski definition) is 7. The molecule has 0 saturated carbocycles. The van der Waals surface area contributed by atoms with Crippen LogP contribution in [0, 0.1) is 0 Å². The summed E-state index contributed by atoms with van der Waals surface area (Å²) < 4.78 is 6.16. The maximum atomic E-state index is 11.2. The van der Waals surface area contributed by atoms with Gasteiger partial charge in [-0.15, -0.1) is 16.4 Å². The van der Waals surface area contributed by atoms with E-state index in [1.807, 2.05) is 5.38 Å². The molecule has 0 aromatic carbocycles. The molecule has 1 aliphatic rings. The van der Waals surface area contributed by atoms with E-state index in [1.54, 1.807) is 10.9 Å². The van der Waals surface area contributed by atoms with Crippen molar-refractivity contribution in [2.75, 3.05) is 12.4 Å². The molecule has 0 bridgehead atoms. The van der Waals surface area contributed by atoms with E-state index in [0.717, 1.165) is 5.01 Å². The van der Waals surface area contributed by atoms with Crippen LogP contribution < -0.4 is 5.32 Å². The zero-order chi connectivity index (χ0) is 11.1. The normalized spacial score (nSPS) is 16.2. The Balaban J connectivity index is 0.00000108. The minimum Gasteiger partial charge on any atom is -0.463 e. The van der Waals surface area contributed by atoms with Crippen molar-refractivity contribution in [2.24, 2.45) is 0 Å². The monoisotopic (exact) mass is 253 g/mol. The summed E-state index contributed by atoms with van der Waals surface area (Å²) in [7, 11) is 1.30. The first kappa shape index (κ1) is 11.5. The predicted molar refractivity (Wildman–Crippen MR) is 62.0 cm³/mol. The highest BCUT2D eigenvalue weighted by atomic mass is 32.1. The number of thiazole rings is 1. The molecule has 0 radical (unpaired) electrons. The molecule has 1 N–H and O–H groups in total. The van der Waals surface area contributed by atoms with Crippen molar-refractivity contribution in [3.05, 3.63) is 22.4 Å². The zero-order valence-corrected chi connectivity index (χ0v) is 9.06. The van der Waals surface area contributed by atoms with Crippen LogP contribution in [0.2, 0.25) is 0 Å². The number of aromatic nitrogens is 4. The van der Waals surface area contributed by atoms with Gasteiger partial charge in [0.15, 0.2) is 6.17 Å². The van der Waals surface area contributed by atoms with Gasteiger partial charge in [0.05, 0.1) is 7.11 Å². The van der Waals surface area contributed by atoms with Gasteiger partial charge in [0.1, 0.15) is 5.01 Å². The summed E-state index contributed by atoms with van der Waals surface area (Å²) in [5, 5.41) is 9.86. The van der Waals surface area contributed by atoms with E-state index in [4.69, 9.17) is 0 Å². The lowest BCUT2D eigenvalue weighted by Gasteiger charge is -2.26. The Hall–Kier alpha value is -1.96. The lowest BCUT2D eigenvalue weighted by Crippen LogP contribution is -2.32. The van der Waals surface area contributed by atoms with Crippen molar-refractivity contribution in [1.82, 2.24) is 19.7 Å². The van der Waals surface area contributed by atoms with Gasteiger partial charge < -0.3 is 10.1 Å². The number of nitrogens with one attached hydrogen (secondary N) is 1. The van der Waals surface area contributed by atoms with Gasteiger partial charge in [0, 0.05) is 11.6 Å². The molecule has 0 aliphatic carbocycles. The first-order valence-electron chi connectivity index (χ1n) is 4.50. The van der Waals surface area contributed by atoms with E-state index < -0.39 is 5.97 Å². The molecule has 17 heavy (non-hydrogen) atoms. The van der Waals surface area contributed by atoms with Crippen LogP contribution in [-0.4, -0.2) is 32.8 Å². The first-order chi connectivity index (χ1) is 7.79. The van der Waals surface area contributed by atoms with Crippen molar-refractivity contribution in [1.29, 1.82) is 0 Å². The number of carbonyl (C=O) groups excluding carboxylic acids is 1. The lowest BCUT2D eigenvalue weighted by atomic mass is 10.4. The second-order valence-corrected chi connectivity index (χ2v) is 4.04. The molecule has 1 unspecified atom stereocenters. The highest BCUT2D eigenvalue weighted by molar-refractivity contribution is 7.09. The van der Waals surface area contributed by atoms with Gasteiger partial charge in [-0.1, -0.05) is 7.43 Å². The van der Waals surface area contributed by atoms with E-state index in [9.17, 15) is 4.79 Å². The molecule has 2 aromatic heterocycles. The zero-order valence-electron chi connectivity index (χ0n) is 8.25. The standard InChI is InChI=1S/C8H7N5O2S.CH4/c1-15-7(14)4-10-8-11-5(13(8)12-4)6-9-2-3-16-6;/h2-3,5H,1H3,(H,10,11,12);1H4. The third-order valence-corrected chi connectivity index (χ3v) is 3.02. The molecule has 1 atom stereocenters. The highest BCUT2D eigenvalue weighted by Crippen LogP contribution is 2.31. The van der Waals surface area contributed by atoms with Crippen molar-refractivity contribution in [3.63, 3.8) is 0 Å². The van der Waals surface area contributed by atoms with E-state index in [-0.39, 0.29) is 19.4 Å². The molecule has 3 rings (SSSR count). The van der Waals surface area contributed by atoms with Gasteiger partial charge in [0.25, 0.3) is 5.82 Å². The van der Waals surface area contributed by atoms with E-state index in [2.05, 4.69) is 25.1 Å². The van der Waals surface area contributed by atoms with Crippen molar-refractivity contribution in [2.45, 2.75) is 13.6 Å². The smallest absolute Gasteiger partial charge is 0.378 e. The molecule has 0 amide bonds. The fraction of sp³-hybridized carbons (Fsp3) is 0.333. The molecule has 0 saturated heterocycles. The van der Waals surface area contributed by atoms with E-state index in [0.29, 0.717) is 5.95 Å².